The minimum Gasteiger partial charge on any atom is -0.495 e. The Hall–Kier alpha value is -2.74. The van der Waals surface area contributed by atoms with Crippen molar-refractivity contribution in [1.82, 2.24) is 14.8 Å². The lowest BCUT2D eigenvalue weighted by atomic mass is 10.1. The molecule has 5 nitrogen and oxygen atoms in total. The molecule has 0 atom stereocenters. The molecule has 0 aliphatic carbocycles. The van der Waals surface area contributed by atoms with E-state index in [-0.39, 0.29) is 11.8 Å². The van der Waals surface area contributed by atoms with Crippen LogP contribution < -0.4 is 10.5 Å². The van der Waals surface area contributed by atoms with E-state index in [1.54, 1.807) is 18.2 Å². The average molecular weight is 369 g/mol. The van der Waals surface area contributed by atoms with Crippen LogP contribution in [0.15, 0.2) is 42.5 Å². The highest BCUT2D eigenvalue weighted by molar-refractivity contribution is 6.30. The molecule has 25 heavy (non-hydrogen) atoms. The predicted molar refractivity (Wildman–Crippen MR) is 87.8 cm³/mol. The predicted octanol–water partition coefficient (Wildman–Crippen LogP) is 4.20. The standard InChI is InChI=1S/C16H12ClF3N4O/c1-25-13-7-6-11(17)8-12(13)24-14(22-23-15(24)21)9-2-4-10(5-3-9)16(18,19)20/h2-8H,1H3,(H2,21,23). The number of benzene rings is 2. The van der Waals surface area contributed by atoms with Gasteiger partial charge in [-0.2, -0.15) is 13.2 Å². The van der Waals surface area contributed by atoms with Crippen LogP contribution >= 0.6 is 11.6 Å². The number of aromatic nitrogens is 3. The number of methoxy groups -OCH3 is 1. The van der Waals surface area contributed by atoms with Crippen LogP contribution in [0.25, 0.3) is 17.1 Å². The first kappa shape index (κ1) is 17.1. The van der Waals surface area contributed by atoms with Gasteiger partial charge in [0.05, 0.1) is 18.4 Å². The van der Waals surface area contributed by atoms with Gasteiger partial charge in [-0.25, -0.2) is 0 Å². The zero-order valence-electron chi connectivity index (χ0n) is 12.9. The Kier molecular flexibility index (Phi) is 4.30. The van der Waals surface area contributed by atoms with Gasteiger partial charge in [-0.3, -0.25) is 4.57 Å². The maximum absolute atomic E-state index is 12.7. The van der Waals surface area contributed by atoms with Crippen LogP contribution in [0.3, 0.4) is 0 Å². The van der Waals surface area contributed by atoms with Crippen molar-refractivity contribution in [3.63, 3.8) is 0 Å². The van der Waals surface area contributed by atoms with E-state index in [0.29, 0.717) is 22.0 Å². The lowest BCUT2D eigenvalue weighted by Gasteiger charge is -2.13. The maximum Gasteiger partial charge on any atom is 0.416 e. The fourth-order valence-corrected chi connectivity index (χ4v) is 2.53. The molecule has 0 radical (unpaired) electrons. The SMILES string of the molecule is COc1ccc(Cl)cc1-n1c(N)nnc1-c1ccc(C(F)(F)F)cc1. The van der Waals surface area contributed by atoms with E-state index in [1.807, 2.05) is 0 Å². The van der Waals surface area contributed by atoms with Crippen molar-refractivity contribution in [2.24, 2.45) is 0 Å². The number of ether oxygens (including phenoxy) is 1. The van der Waals surface area contributed by atoms with Crippen molar-refractivity contribution in [3.8, 4) is 22.8 Å². The first-order valence-corrected chi connectivity index (χ1v) is 7.41. The highest BCUT2D eigenvalue weighted by Crippen LogP contribution is 2.34. The number of alkyl halides is 3. The molecule has 9 heteroatoms. The molecule has 0 fully saturated rings. The molecule has 0 saturated carbocycles. The number of nitrogen functional groups attached to an aromatic ring is 1. The number of anilines is 1. The summed E-state index contributed by atoms with van der Waals surface area (Å²) in [5, 5.41) is 8.22. The van der Waals surface area contributed by atoms with Gasteiger partial charge in [0.15, 0.2) is 5.82 Å². The van der Waals surface area contributed by atoms with Gasteiger partial charge >= 0.3 is 6.18 Å². The van der Waals surface area contributed by atoms with Gasteiger partial charge in [-0.05, 0) is 30.3 Å². The van der Waals surface area contributed by atoms with E-state index in [0.717, 1.165) is 12.1 Å². The molecule has 3 rings (SSSR count). The molecule has 2 aromatic carbocycles. The summed E-state index contributed by atoms with van der Waals surface area (Å²) in [5.41, 5.74) is 6.04. The van der Waals surface area contributed by atoms with Gasteiger partial charge in [0, 0.05) is 10.6 Å². The summed E-state index contributed by atoms with van der Waals surface area (Å²) in [5.74, 6) is 0.784. The summed E-state index contributed by atoms with van der Waals surface area (Å²) in [6.45, 7) is 0. The molecule has 3 aromatic rings. The molecule has 0 bridgehead atoms. The number of nitrogens with zero attached hydrogens (tertiary/aromatic N) is 3. The summed E-state index contributed by atoms with van der Waals surface area (Å²) in [6.07, 6.45) is -4.42. The van der Waals surface area contributed by atoms with Crippen molar-refractivity contribution < 1.29 is 17.9 Å². The third kappa shape index (κ3) is 3.25. The Labute approximate surface area is 145 Å². The maximum atomic E-state index is 12.7. The summed E-state index contributed by atoms with van der Waals surface area (Å²) >= 11 is 6.04. The van der Waals surface area contributed by atoms with Crippen molar-refractivity contribution in [3.05, 3.63) is 53.1 Å². The van der Waals surface area contributed by atoms with Crippen molar-refractivity contribution in [1.29, 1.82) is 0 Å². The number of hydrogen-bond acceptors (Lipinski definition) is 4. The number of hydrogen-bond donors (Lipinski definition) is 1. The lowest BCUT2D eigenvalue weighted by Crippen LogP contribution is -2.06. The van der Waals surface area contributed by atoms with Crippen molar-refractivity contribution in [2.75, 3.05) is 12.8 Å². The average Bonchev–Trinajstić information content (AvgIpc) is 2.95. The summed E-state index contributed by atoms with van der Waals surface area (Å²) in [4.78, 5) is 0. The smallest absolute Gasteiger partial charge is 0.416 e. The molecule has 0 amide bonds. The summed E-state index contributed by atoms with van der Waals surface area (Å²) < 4.78 is 44.9. The Morgan fingerprint density at radius 2 is 1.76 bits per heavy atom. The Morgan fingerprint density at radius 3 is 2.36 bits per heavy atom. The largest absolute Gasteiger partial charge is 0.495 e. The van der Waals surface area contributed by atoms with E-state index in [1.165, 1.54) is 23.8 Å². The van der Waals surface area contributed by atoms with E-state index in [2.05, 4.69) is 10.2 Å². The molecule has 0 spiro atoms. The van der Waals surface area contributed by atoms with E-state index in [9.17, 15) is 13.2 Å². The lowest BCUT2D eigenvalue weighted by molar-refractivity contribution is -0.137. The number of nitrogens with two attached hydrogens (primary N) is 1. The van der Waals surface area contributed by atoms with Crippen LogP contribution in [-0.2, 0) is 6.18 Å². The van der Waals surface area contributed by atoms with Gasteiger partial charge < -0.3 is 10.5 Å². The van der Waals surface area contributed by atoms with Crippen molar-refractivity contribution in [2.45, 2.75) is 6.18 Å². The summed E-state index contributed by atoms with van der Waals surface area (Å²) in [6, 6.07) is 9.45. The van der Waals surface area contributed by atoms with E-state index < -0.39 is 11.7 Å². The van der Waals surface area contributed by atoms with Gasteiger partial charge in [0.2, 0.25) is 5.95 Å². The van der Waals surface area contributed by atoms with Gasteiger partial charge in [-0.15, -0.1) is 10.2 Å². The van der Waals surface area contributed by atoms with Gasteiger partial charge in [-0.1, -0.05) is 23.7 Å². The summed E-state index contributed by atoms with van der Waals surface area (Å²) in [7, 11) is 1.48. The fourth-order valence-electron chi connectivity index (χ4n) is 2.37. The first-order valence-electron chi connectivity index (χ1n) is 7.03. The van der Waals surface area contributed by atoms with Gasteiger partial charge in [0.25, 0.3) is 0 Å². The Morgan fingerprint density at radius 1 is 1.08 bits per heavy atom. The highest BCUT2D eigenvalue weighted by atomic mass is 35.5. The second kappa shape index (κ2) is 6.29. The van der Waals surface area contributed by atoms with Crippen LogP contribution in [0, 0.1) is 0 Å². The third-order valence-electron chi connectivity index (χ3n) is 3.54. The molecule has 0 aliphatic heterocycles. The van der Waals surface area contributed by atoms with E-state index in [4.69, 9.17) is 22.1 Å². The minimum atomic E-state index is -4.42. The number of rotatable bonds is 3. The van der Waals surface area contributed by atoms with Gasteiger partial charge in [0.1, 0.15) is 5.75 Å². The molecule has 0 saturated heterocycles. The normalized spacial score (nSPS) is 11.6. The molecule has 1 aromatic heterocycles. The van der Waals surface area contributed by atoms with Crippen LogP contribution in [0.5, 0.6) is 5.75 Å². The molecular formula is C16H12ClF3N4O. The first-order chi connectivity index (χ1) is 11.8. The van der Waals surface area contributed by atoms with Crippen LogP contribution in [0.2, 0.25) is 5.02 Å². The molecule has 0 aliphatic rings. The molecule has 2 N–H and O–H groups in total. The quantitative estimate of drug-likeness (QED) is 0.752. The monoisotopic (exact) mass is 368 g/mol. The van der Waals surface area contributed by atoms with E-state index >= 15 is 0 Å². The Balaban J connectivity index is 2.14. The topological polar surface area (TPSA) is 66.0 Å². The molecule has 130 valence electrons. The van der Waals surface area contributed by atoms with Crippen molar-refractivity contribution >= 4 is 17.5 Å². The number of halogens is 4. The molecule has 0 unspecified atom stereocenters. The Bertz CT molecular complexity index is 907. The second-order valence-electron chi connectivity index (χ2n) is 5.11. The minimum absolute atomic E-state index is 0.0514. The van der Waals surface area contributed by atoms with Crippen LogP contribution in [0.4, 0.5) is 19.1 Å². The zero-order chi connectivity index (χ0) is 18.2. The third-order valence-corrected chi connectivity index (χ3v) is 3.78. The van der Waals surface area contributed by atoms with Crippen LogP contribution in [-0.4, -0.2) is 21.9 Å². The molecule has 1 heterocycles. The molecular weight excluding hydrogens is 357 g/mol. The van der Waals surface area contributed by atoms with Crippen LogP contribution in [0.1, 0.15) is 5.56 Å². The fraction of sp³-hybridized carbons (Fsp3) is 0.125. The zero-order valence-corrected chi connectivity index (χ0v) is 13.6. The second-order valence-corrected chi connectivity index (χ2v) is 5.54. The highest BCUT2D eigenvalue weighted by Gasteiger charge is 2.30.